The number of rotatable bonds is 4. The van der Waals surface area contributed by atoms with Crippen LogP contribution in [0.1, 0.15) is 30.2 Å². The highest BCUT2D eigenvalue weighted by Gasteiger charge is 2.16. The Morgan fingerprint density at radius 3 is 2.60 bits per heavy atom. The van der Waals surface area contributed by atoms with Crippen LogP contribution in [0.25, 0.3) is 11.0 Å². The predicted octanol–water partition coefficient (Wildman–Crippen LogP) is 4.79. The van der Waals surface area contributed by atoms with E-state index in [0.717, 1.165) is 11.0 Å². The maximum atomic E-state index is 11.6. The molecule has 0 aliphatic heterocycles. The molecular weight excluding hydrogens is 363 g/mol. The molecule has 1 aromatic heterocycles. The van der Waals surface area contributed by atoms with Crippen molar-refractivity contribution in [2.75, 3.05) is 5.32 Å². The molecule has 0 atom stereocenters. The van der Waals surface area contributed by atoms with Crippen molar-refractivity contribution >= 4 is 51.8 Å². The molecule has 2 aromatic carbocycles. The van der Waals surface area contributed by atoms with Crippen LogP contribution in [0, 0.1) is 0 Å². The summed E-state index contributed by atoms with van der Waals surface area (Å²) in [5.41, 5.74) is 4.18. The molecule has 25 heavy (non-hydrogen) atoms. The fraction of sp³-hybridized carbons (Fsp3) is 0.176. The molecule has 0 unspecified atom stereocenters. The van der Waals surface area contributed by atoms with Gasteiger partial charge in [-0.25, -0.2) is 10.5 Å². The van der Waals surface area contributed by atoms with E-state index < -0.39 is 5.91 Å². The average Bonchev–Trinajstić information content (AvgIpc) is 2.91. The Morgan fingerprint density at radius 2 is 1.92 bits per heavy atom. The normalized spacial score (nSPS) is 11.1. The van der Waals surface area contributed by atoms with Crippen molar-refractivity contribution in [3.8, 4) is 0 Å². The number of fused-ring (bicyclic) bond motifs is 1. The number of carbonyl (C=O) groups is 1. The molecule has 0 spiro atoms. The zero-order valence-corrected chi connectivity index (χ0v) is 15.1. The third-order valence-corrected chi connectivity index (χ3v) is 4.45. The fourth-order valence-electron chi connectivity index (χ4n) is 2.63. The summed E-state index contributed by atoms with van der Waals surface area (Å²) in [5, 5.41) is 12.9. The number of aromatic nitrogens is 2. The maximum Gasteiger partial charge on any atom is 0.274 e. The summed E-state index contributed by atoms with van der Waals surface area (Å²) in [5.74, 6) is 0.0180. The van der Waals surface area contributed by atoms with Crippen molar-refractivity contribution in [3.63, 3.8) is 0 Å². The number of imidazole rings is 1. The SMILES string of the molecule is CC(C)n1c(Nc2cccc(C(=O)NO)c2)nc2cc(Cl)c(Cl)cc21. The number of hydrogen-bond donors (Lipinski definition) is 3. The van der Waals surface area contributed by atoms with Crippen LogP contribution in [-0.2, 0) is 0 Å². The molecule has 0 aliphatic carbocycles. The van der Waals surface area contributed by atoms with Crippen molar-refractivity contribution in [2.24, 2.45) is 0 Å². The number of amides is 1. The van der Waals surface area contributed by atoms with E-state index in [1.165, 1.54) is 0 Å². The van der Waals surface area contributed by atoms with Gasteiger partial charge in [-0.05, 0) is 44.2 Å². The van der Waals surface area contributed by atoms with Gasteiger partial charge in [-0.15, -0.1) is 0 Å². The number of hydroxylamine groups is 1. The van der Waals surface area contributed by atoms with Gasteiger partial charge in [-0.1, -0.05) is 29.3 Å². The molecule has 0 aliphatic rings. The highest BCUT2D eigenvalue weighted by atomic mass is 35.5. The van der Waals surface area contributed by atoms with Crippen LogP contribution in [0.5, 0.6) is 0 Å². The minimum absolute atomic E-state index is 0.119. The molecule has 0 saturated heterocycles. The zero-order chi connectivity index (χ0) is 18.1. The topological polar surface area (TPSA) is 79.2 Å². The molecule has 130 valence electrons. The summed E-state index contributed by atoms with van der Waals surface area (Å²) >= 11 is 12.2. The van der Waals surface area contributed by atoms with Gasteiger partial charge < -0.3 is 9.88 Å². The lowest BCUT2D eigenvalue weighted by Gasteiger charge is -2.14. The molecule has 0 bridgehead atoms. The standard InChI is InChI=1S/C17H16Cl2N4O2/c1-9(2)23-15-8-13(19)12(18)7-14(15)21-17(23)20-11-5-3-4-10(6-11)16(24)22-25/h3-9,25H,1-2H3,(H,20,21)(H,22,24). The highest BCUT2D eigenvalue weighted by Crippen LogP contribution is 2.32. The van der Waals surface area contributed by atoms with E-state index in [0.29, 0.717) is 27.2 Å². The Kier molecular flexibility index (Phi) is 4.85. The number of benzene rings is 2. The van der Waals surface area contributed by atoms with Crippen LogP contribution < -0.4 is 10.8 Å². The smallest absolute Gasteiger partial charge is 0.274 e. The summed E-state index contributed by atoms with van der Waals surface area (Å²) < 4.78 is 2.00. The van der Waals surface area contributed by atoms with Crippen LogP contribution in [0.3, 0.4) is 0 Å². The van der Waals surface area contributed by atoms with Crippen LogP contribution in [0.15, 0.2) is 36.4 Å². The first-order valence-corrected chi connectivity index (χ1v) is 8.35. The van der Waals surface area contributed by atoms with Gasteiger partial charge >= 0.3 is 0 Å². The van der Waals surface area contributed by atoms with E-state index >= 15 is 0 Å². The third-order valence-electron chi connectivity index (χ3n) is 3.73. The van der Waals surface area contributed by atoms with E-state index in [9.17, 15) is 4.79 Å². The number of halogens is 2. The minimum atomic E-state index is -0.584. The van der Waals surface area contributed by atoms with Gasteiger partial charge in [-0.3, -0.25) is 10.0 Å². The molecule has 1 amide bonds. The molecule has 1 heterocycles. The van der Waals surface area contributed by atoms with E-state index in [1.54, 1.807) is 41.9 Å². The van der Waals surface area contributed by atoms with Gasteiger partial charge in [-0.2, -0.15) is 0 Å². The number of carbonyl (C=O) groups excluding carboxylic acids is 1. The zero-order valence-electron chi connectivity index (χ0n) is 13.5. The molecule has 3 aromatic rings. The second-order valence-electron chi connectivity index (χ2n) is 5.80. The summed E-state index contributed by atoms with van der Waals surface area (Å²) in [6, 6.07) is 10.4. The quantitative estimate of drug-likeness (QED) is 0.450. The van der Waals surface area contributed by atoms with Gasteiger partial charge in [0, 0.05) is 17.3 Å². The summed E-state index contributed by atoms with van der Waals surface area (Å²) in [6.07, 6.45) is 0. The second kappa shape index (κ2) is 6.92. The molecule has 6 nitrogen and oxygen atoms in total. The lowest BCUT2D eigenvalue weighted by Crippen LogP contribution is -2.18. The highest BCUT2D eigenvalue weighted by molar-refractivity contribution is 6.42. The maximum absolute atomic E-state index is 11.6. The molecule has 3 N–H and O–H groups in total. The van der Waals surface area contributed by atoms with Crippen LogP contribution in [0.2, 0.25) is 10.0 Å². The van der Waals surface area contributed by atoms with Crippen LogP contribution >= 0.6 is 23.2 Å². The Bertz CT molecular complexity index is 953. The van der Waals surface area contributed by atoms with Crippen molar-refractivity contribution in [2.45, 2.75) is 19.9 Å². The molecule has 0 radical (unpaired) electrons. The number of nitrogens with one attached hydrogen (secondary N) is 2. The van der Waals surface area contributed by atoms with E-state index in [1.807, 2.05) is 18.4 Å². The largest absolute Gasteiger partial charge is 0.326 e. The number of hydrogen-bond acceptors (Lipinski definition) is 4. The monoisotopic (exact) mass is 378 g/mol. The predicted molar refractivity (Wildman–Crippen MR) is 99.1 cm³/mol. The van der Waals surface area contributed by atoms with Gasteiger partial charge in [0.2, 0.25) is 5.95 Å². The lowest BCUT2D eigenvalue weighted by molar-refractivity contribution is 0.0706. The number of anilines is 2. The van der Waals surface area contributed by atoms with Crippen molar-refractivity contribution in [3.05, 3.63) is 52.0 Å². The molecule has 0 fully saturated rings. The molecule has 0 saturated carbocycles. The summed E-state index contributed by atoms with van der Waals surface area (Å²) in [7, 11) is 0. The van der Waals surface area contributed by atoms with Gasteiger partial charge in [0.15, 0.2) is 0 Å². The van der Waals surface area contributed by atoms with Crippen LogP contribution in [0.4, 0.5) is 11.6 Å². The first-order chi connectivity index (χ1) is 11.9. The summed E-state index contributed by atoms with van der Waals surface area (Å²) in [6.45, 7) is 4.06. The Balaban J connectivity index is 2.07. The average molecular weight is 379 g/mol. The Hall–Kier alpha value is -2.28. The molecular formula is C17H16Cl2N4O2. The van der Waals surface area contributed by atoms with Crippen molar-refractivity contribution < 1.29 is 10.0 Å². The van der Waals surface area contributed by atoms with E-state index in [-0.39, 0.29) is 6.04 Å². The second-order valence-corrected chi connectivity index (χ2v) is 6.62. The number of nitrogens with zero attached hydrogens (tertiary/aromatic N) is 2. The molecule has 8 heteroatoms. The molecule has 3 rings (SSSR count). The fourth-order valence-corrected chi connectivity index (χ4v) is 2.95. The lowest BCUT2D eigenvalue weighted by atomic mass is 10.2. The van der Waals surface area contributed by atoms with Crippen LogP contribution in [-0.4, -0.2) is 20.7 Å². The summed E-state index contributed by atoms with van der Waals surface area (Å²) in [4.78, 5) is 16.2. The first kappa shape index (κ1) is 17.5. The minimum Gasteiger partial charge on any atom is -0.326 e. The Morgan fingerprint density at radius 1 is 1.20 bits per heavy atom. The van der Waals surface area contributed by atoms with Gasteiger partial charge in [0.1, 0.15) is 0 Å². The van der Waals surface area contributed by atoms with Gasteiger partial charge in [0.25, 0.3) is 5.91 Å². The van der Waals surface area contributed by atoms with E-state index in [2.05, 4.69) is 10.3 Å². The van der Waals surface area contributed by atoms with Gasteiger partial charge in [0.05, 0.1) is 21.1 Å². The Labute approximate surface area is 154 Å². The van der Waals surface area contributed by atoms with E-state index in [4.69, 9.17) is 28.4 Å². The first-order valence-electron chi connectivity index (χ1n) is 7.59. The van der Waals surface area contributed by atoms with Crippen molar-refractivity contribution in [1.29, 1.82) is 0 Å². The van der Waals surface area contributed by atoms with Crippen molar-refractivity contribution in [1.82, 2.24) is 15.0 Å². The third kappa shape index (κ3) is 3.42.